The van der Waals surface area contributed by atoms with Crippen LogP contribution in [0.25, 0.3) is 0 Å². The molecule has 168 valence electrons. The van der Waals surface area contributed by atoms with Crippen molar-refractivity contribution in [3.63, 3.8) is 0 Å². The fourth-order valence-electron chi connectivity index (χ4n) is 3.77. The Morgan fingerprint density at radius 3 is 2.42 bits per heavy atom. The predicted molar refractivity (Wildman–Crippen MR) is 119 cm³/mol. The van der Waals surface area contributed by atoms with Crippen molar-refractivity contribution in [3.8, 4) is 11.5 Å². The second-order valence-electron chi connectivity index (χ2n) is 7.86. The smallest absolute Gasteiger partial charge is 0.243 e. The van der Waals surface area contributed by atoms with Crippen molar-refractivity contribution in [3.05, 3.63) is 53.6 Å². The van der Waals surface area contributed by atoms with Gasteiger partial charge in [-0.3, -0.25) is 4.79 Å². The summed E-state index contributed by atoms with van der Waals surface area (Å²) in [6.45, 7) is 4.41. The molecule has 1 heterocycles. The van der Waals surface area contributed by atoms with E-state index in [9.17, 15) is 13.2 Å². The molecular weight excluding hydrogens is 416 g/mol. The van der Waals surface area contributed by atoms with Crippen LogP contribution in [-0.2, 0) is 14.8 Å². The molecule has 2 aromatic carbocycles. The first-order valence-electron chi connectivity index (χ1n) is 10.4. The van der Waals surface area contributed by atoms with Crippen molar-refractivity contribution in [2.24, 2.45) is 5.92 Å². The number of piperidine rings is 1. The number of carbonyl (C=O) groups is 1. The molecule has 0 aromatic heterocycles. The lowest BCUT2D eigenvalue weighted by Crippen LogP contribution is -2.45. The first kappa shape index (κ1) is 23.1. The summed E-state index contributed by atoms with van der Waals surface area (Å²) in [6, 6.07) is 12.1. The van der Waals surface area contributed by atoms with Crippen LogP contribution in [0.15, 0.2) is 47.4 Å². The first-order chi connectivity index (χ1) is 14.8. The normalized spacial score (nSPS) is 18.3. The number of carbonyl (C=O) groups excluding carboxylic acids is 1. The zero-order valence-corrected chi connectivity index (χ0v) is 19.2. The summed E-state index contributed by atoms with van der Waals surface area (Å²) in [4.78, 5) is 13.2. The lowest BCUT2D eigenvalue weighted by molar-refractivity contribution is -0.126. The lowest BCUT2D eigenvalue weighted by Gasteiger charge is -2.32. The largest absolute Gasteiger partial charge is 0.493 e. The van der Waals surface area contributed by atoms with Gasteiger partial charge in [-0.15, -0.1) is 0 Å². The zero-order chi connectivity index (χ0) is 22.6. The Morgan fingerprint density at radius 2 is 1.77 bits per heavy atom. The summed E-state index contributed by atoms with van der Waals surface area (Å²) in [5.41, 5.74) is 1.88. The summed E-state index contributed by atoms with van der Waals surface area (Å²) in [7, 11) is -0.483. The van der Waals surface area contributed by atoms with Gasteiger partial charge >= 0.3 is 0 Å². The third-order valence-corrected chi connectivity index (χ3v) is 7.56. The van der Waals surface area contributed by atoms with E-state index in [1.54, 1.807) is 44.6 Å². The molecular formula is C23H30N2O5S. The van der Waals surface area contributed by atoms with Gasteiger partial charge < -0.3 is 14.8 Å². The average Bonchev–Trinajstić information content (AvgIpc) is 2.78. The summed E-state index contributed by atoms with van der Waals surface area (Å²) in [5, 5.41) is 3.02. The third-order valence-electron chi connectivity index (χ3n) is 5.68. The van der Waals surface area contributed by atoms with Crippen molar-refractivity contribution in [1.29, 1.82) is 0 Å². The number of sulfonamides is 1. The van der Waals surface area contributed by atoms with Crippen molar-refractivity contribution in [2.45, 2.75) is 37.6 Å². The molecule has 1 N–H and O–H groups in total. The second kappa shape index (κ2) is 9.70. The van der Waals surface area contributed by atoms with E-state index in [2.05, 4.69) is 5.32 Å². The van der Waals surface area contributed by atoms with Crippen molar-refractivity contribution in [2.75, 3.05) is 27.3 Å². The van der Waals surface area contributed by atoms with E-state index < -0.39 is 15.9 Å². The highest BCUT2D eigenvalue weighted by Gasteiger charge is 2.33. The maximum Gasteiger partial charge on any atom is 0.243 e. The number of benzene rings is 2. The monoisotopic (exact) mass is 446 g/mol. The lowest BCUT2D eigenvalue weighted by atomic mass is 9.98. The molecule has 3 rings (SSSR count). The standard InChI is InChI=1S/C23H30N2O5S/c1-16-7-10-20(11-8-16)31(27,28)25-13-5-6-19(15-25)23(26)24-17(2)18-9-12-21(29-3)22(14-18)30-4/h7-12,14,17,19H,5-6,13,15H2,1-4H3,(H,24,26)/t17-,19+/m1/s1. The van der Waals surface area contributed by atoms with Gasteiger partial charge in [-0.25, -0.2) is 8.42 Å². The van der Waals surface area contributed by atoms with Crippen LogP contribution in [0.5, 0.6) is 11.5 Å². The maximum atomic E-state index is 13.0. The maximum absolute atomic E-state index is 13.0. The van der Waals surface area contributed by atoms with Gasteiger partial charge in [0.15, 0.2) is 11.5 Å². The zero-order valence-electron chi connectivity index (χ0n) is 18.4. The second-order valence-corrected chi connectivity index (χ2v) is 9.80. The number of hydrogen-bond acceptors (Lipinski definition) is 5. The van der Waals surface area contributed by atoms with E-state index in [1.165, 1.54) is 4.31 Å². The van der Waals surface area contributed by atoms with E-state index in [4.69, 9.17) is 9.47 Å². The van der Waals surface area contributed by atoms with Crippen LogP contribution in [0.3, 0.4) is 0 Å². The van der Waals surface area contributed by atoms with Gasteiger partial charge in [0.2, 0.25) is 15.9 Å². The minimum atomic E-state index is -3.62. The first-order valence-corrected chi connectivity index (χ1v) is 11.8. The Labute approximate surface area is 184 Å². The fraction of sp³-hybridized carbons (Fsp3) is 0.435. The highest BCUT2D eigenvalue weighted by Crippen LogP contribution is 2.30. The molecule has 8 heteroatoms. The number of methoxy groups -OCH3 is 2. The SMILES string of the molecule is COc1ccc([C@@H](C)NC(=O)[C@H]2CCCN(S(=O)(=O)c3ccc(C)cc3)C2)cc1OC. The minimum absolute atomic E-state index is 0.147. The summed E-state index contributed by atoms with van der Waals surface area (Å²) >= 11 is 0. The molecule has 1 aliphatic heterocycles. The number of amides is 1. The molecule has 1 fully saturated rings. The Morgan fingerprint density at radius 1 is 1.10 bits per heavy atom. The number of rotatable bonds is 7. The number of nitrogens with one attached hydrogen (secondary N) is 1. The number of nitrogens with zero attached hydrogens (tertiary/aromatic N) is 1. The van der Waals surface area contributed by atoms with Gasteiger partial charge in [0.1, 0.15) is 0 Å². The van der Waals surface area contributed by atoms with E-state index >= 15 is 0 Å². The van der Waals surface area contributed by atoms with Gasteiger partial charge in [0.05, 0.1) is 31.1 Å². The molecule has 2 aromatic rings. The van der Waals surface area contributed by atoms with Crippen molar-refractivity contribution >= 4 is 15.9 Å². The molecule has 0 spiro atoms. The molecule has 0 unspecified atom stereocenters. The van der Waals surface area contributed by atoms with Gasteiger partial charge in [0.25, 0.3) is 0 Å². The molecule has 0 aliphatic carbocycles. The summed E-state index contributed by atoms with van der Waals surface area (Å²) < 4.78 is 38.0. The number of hydrogen-bond donors (Lipinski definition) is 1. The summed E-state index contributed by atoms with van der Waals surface area (Å²) in [6.07, 6.45) is 1.30. The topological polar surface area (TPSA) is 84.9 Å². The Kier molecular flexibility index (Phi) is 7.23. The van der Waals surface area contributed by atoms with Gasteiger partial charge in [-0.05, 0) is 56.5 Å². The molecule has 31 heavy (non-hydrogen) atoms. The van der Waals surface area contributed by atoms with Gasteiger partial charge in [-0.2, -0.15) is 4.31 Å². The van der Waals surface area contributed by atoms with Crippen molar-refractivity contribution in [1.82, 2.24) is 9.62 Å². The van der Waals surface area contributed by atoms with Gasteiger partial charge in [-0.1, -0.05) is 23.8 Å². The fourth-order valence-corrected chi connectivity index (χ4v) is 5.29. The molecule has 0 radical (unpaired) electrons. The average molecular weight is 447 g/mol. The molecule has 1 amide bonds. The van der Waals surface area contributed by atoms with Gasteiger partial charge in [0, 0.05) is 13.1 Å². The number of aryl methyl sites for hydroxylation is 1. The Hall–Kier alpha value is -2.58. The Balaban J connectivity index is 1.69. The van der Waals surface area contributed by atoms with E-state index in [-0.39, 0.29) is 23.4 Å². The third kappa shape index (κ3) is 5.19. The van der Waals surface area contributed by atoms with Crippen LogP contribution in [0.1, 0.15) is 36.9 Å². The molecule has 7 nitrogen and oxygen atoms in total. The van der Waals surface area contributed by atoms with Crippen LogP contribution in [-0.4, -0.2) is 45.9 Å². The van der Waals surface area contributed by atoms with E-state index in [0.29, 0.717) is 30.9 Å². The van der Waals surface area contributed by atoms with Crippen LogP contribution in [0.2, 0.25) is 0 Å². The van der Waals surface area contributed by atoms with E-state index in [1.807, 2.05) is 26.0 Å². The number of ether oxygens (including phenoxy) is 2. The molecule has 1 aliphatic rings. The molecule has 0 bridgehead atoms. The Bertz CT molecular complexity index is 1020. The molecule has 2 atom stereocenters. The van der Waals surface area contributed by atoms with Crippen LogP contribution < -0.4 is 14.8 Å². The van der Waals surface area contributed by atoms with E-state index in [0.717, 1.165) is 11.1 Å². The van der Waals surface area contributed by atoms with Crippen LogP contribution in [0, 0.1) is 12.8 Å². The minimum Gasteiger partial charge on any atom is -0.493 e. The quantitative estimate of drug-likeness (QED) is 0.706. The highest BCUT2D eigenvalue weighted by atomic mass is 32.2. The van der Waals surface area contributed by atoms with Crippen molar-refractivity contribution < 1.29 is 22.7 Å². The molecule has 0 saturated carbocycles. The highest BCUT2D eigenvalue weighted by molar-refractivity contribution is 7.89. The summed E-state index contributed by atoms with van der Waals surface area (Å²) in [5.74, 6) is 0.672. The molecule has 1 saturated heterocycles. The van der Waals surface area contributed by atoms with Crippen LogP contribution in [0.4, 0.5) is 0 Å². The van der Waals surface area contributed by atoms with Crippen LogP contribution >= 0.6 is 0 Å². The predicted octanol–water partition coefficient (Wildman–Crippen LogP) is 3.29.